The van der Waals surface area contributed by atoms with Crippen molar-refractivity contribution in [1.82, 2.24) is 10.3 Å². The first-order valence-corrected chi connectivity index (χ1v) is 9.37. The minimum Gasteiger partial charge on any atom is -0.294 e. The Bertz CT molecular complexity index is 924. The highest BCUT2D eigenvalue weighted by molar-refractivity contribution is 8.13. The Morgan fingerprint density at radius 2 is 1.89 bits per heavy atom. The fourth-order valence-electron chi connectivity index (χ4n) is 2.83. The molecule has 0 saturated heterocycles. The quantitative estimate of drug-likeness (QED) is 0.878. The van der Waals surface area contributed by atoms with Gasteiger partial charge in [-0.2, -0.15) is 5.10 Å². The van der Waals surface area contributed by atoms with Crippen LogP contribution in [0.15, 0.2) is 72.6 Å². The number of nitrogens with zero attached hydrogens (tertiary/aromatic N) is 3. The molecule has 0 aliphatic carbocycles. The van der Waals surface area contributed by atoms with Crippen molar-refractivity contribution >= 4 is 34.6 Å². The lowest BCUT2D eigenvalue weighted by molar-refractivity contribution is -0.122. The molecule has 0 radical (unpaired) electrons. The van der Waals surface area contributed by atoms with Crippen LogP contribution in [0.5, 0.6) is 0 Å². The third-order valence-electron chi connectivity index (χ3n) is 4.32. The maximum absolute atomic E-state index is 13.1. The predicted molar refractivity (Wildman–Crippen MR) is 107 cm³/mol. The Hall–Kier alpha value is -3.06. The van der Waals surface area contributed by atoms with E-state index in [4.69, 9.17) is 0 Å². The molecular weight excluding hydrogens is 363 g/mol. The van der Waals surface area contributed by atoms with Gasteiger partial charge >= 0.3 is 0 Å². The number of halogens is 1. The van der Waals surface area contributed by atoms with E-state index in [1.807, 2.05) is 29.3 Å². The smallest absolute Gasteiger partial charge is 0.276 e. The molecule has 2 aliphatic rings. The zero-order valence-corrected chi connectivity index (χ0v) is 15.2. The molecule has 136 valence electrons. The molecule has 0 spiro atoms. The van der Waals surface area contributed by atoms with E-state index in [9.17, 15) is 9.18 Å². The van der Waals surface area contributed by atoms with E-state index in [1.165, 1.54) is 17.0 Å². The van der Waals surface area contributed by atoms with E-state index in [-0.39, 0.29) is 11.7 Å². The average Bonchev–Trinajstić information content (AvgIpc) is 3.12. The van der Waals surface area contributed by atoms with Crippen molar-refractivity contribution < 1.29 is 9.18 Å². The van der Waals surface area contributed by atoms with Gasteiger partial charge in [0.1, 0.15) is 5.82 Å². The van der Waals surface area contributed by atoms with Gasteiger partial charge in [0, 0.05) is 23.8 Å². The summed E-state index contributed by atoms with van der Waals surface area (Å²) in [7, 11) is 0. The Balaban J connectivity index is 1.44. The number of nitrogens with one attached hydrogen (secondary N) is 1. The average molecular weight is 380 g/mol. The van der Waals surface area contributed by atoms with Gasteiger partial charge in [-0.1, -0.05) is 48.7 Å². The third kappa shape index (κ3) is 3.46. The van der Waals surface area contributed by atoms with Gasteiger partial charge in [-0.25, -0.2) is 4.39 Å². The molecule has 0 fully saturated rings. The van der Waals surface area contributed by atoms with Crippen LogP contribution in [0.4, 0.5) is 10.1 Å². The van der Waals surface area contributed by atoms with Crippen LogP contribution >= 0.6 is 11.8 Å². The first-order chi connectivity index (χ1) is 13.2. The molecule has 7 heteroatoms. The summed E-state index contributed by atoms with van der Waals surface area (Å²) in [5.74, 6) is 0.236. The van der Waals surface area contributed by atoms with Crippen LogP contribution in [-0.4, -0.2) is 22.1 Å². The van der Waals surface area contributed by atoms with E-state index in [0.29, 0.717) is 5.69 Å². The second-order valence-electron chi connectivity index (χ2n) is 6.05. The van der Waals surface area contributed by atoms with E-state index in [2.05, 4.69) is 29.2 Å². The van der Waals surface area contributed by atoms with Gasteiger partial charge in [0.05, 0.1) is 0 Å². The Kier molecular flexibility index (Phi) is 4.68. The summed E-state index contributed by atoms with van der Waals surface area (Å²) in [4.78, 5) is 16.1. The molecule has 27 heavy (non-hydrogen) atoms. The summed E-state index contributed by atoms with van der Waals surface area (Å²) in [5.41, 5.74) is 5.74. The van der Waals surface area contributed by atoms with E-state index < -0.39 is 6.17 Å². The summed E-state index contributed by atoms with van der Waals surface area (Å²) in [6.07, 6.45) is 4.70. The number of hydrogen-bond acceptors (Lipinski definition) is 5. The van der Waals surface area contributed by atoms with Crippen LogP contribution in [0, 0.1) is 5.82 Å². The lowest BCUT2D eigenvalue weighted by Crippen LogP contribution is -2.52. The lowest BCUT2D eigenvalue weighted by atomic mass is 10.1. The van der Waals surface area contributed by atoms with E-state index in [1.54, 1.807) is 30.1 Å². The number of thioether (sulfide) groups is 1. The highest BCUT2D eigenvalue weighted by Gasteiger charge is 2.38. The van der Waals surface area contributed by atoms with E-state index >= 15 is 0 Å². The largest absolute Gasteiger partial charge is 0.294 e. The molecule has 1 atom stereocenters. The van der Waals surface area contributed by atoms with E-state index in [0.717, 1.165) is 22.0 Å². The Morgan fingerprint density at radius 3 is 2.59 bits per heavy atom. The molecule has 0 bridgehead atoms. The van der Waals surface area contributed by atoms with Crippen LogP contribution in [0.25, 0.3) is 6.08 Å². The molecule has 0 aromatic heterocycles. The van der Waals surface area contributed by atoms with Crippen LogP contribution in [0.1, 0.15) is 11.1 Å². The molecule has 2 aromatic carbocycles. The first-order valence-electron chi connectivity index (χ1n) is 8.38. The Morgan fingerprint density at radius 1 is 1.15 bits per heavy atom. The molecule has 2 aromatic rings. The number of fused-ring (bicyclic) bond motifs is 1. The molecule has 1 unspecified atom stereocenters. The molecule has 1 amide bonds. The zero-order valence-electron chi connectivity index (χ0n) is 14.4. The SMILES string of the molecule is C=Cc1ccc(CSC2=NNC3C(=O)N(c4ccc(F)cc4)C=CN23)cc1. The van der Waals surface area contributed by atoms with Crippen LogP contribution in [0.2, 0.25) is 0 Å². The summed E-state index contributed by atoms with van der Waals surface area (Å²) < 4.78 is 13.1. The summed E-state index contributed by atoms with van der Waals surface area (Å²) in [6.45, 7) is 3.75. The number of amides is 1. The van der Waals surface area contributed by atoms with Crippen LogP contribution < -0.4 is 10.3 Å². The van der Waals surface area contributed by atoms with Crippen molar-refractivity contribution in [3.05, 3.63) is 84.5 Å². The van der Waals surface area contributed by atoms with Crippen molar-refractivity contribution in [1.29, 1.82) is 0 Å². The van der Waals surface area contributed by atoms with Crippen molar-refractivity contribution in [3.8, 4) is 0 Å². The molecule has 2 aliphatic heterocycles. The fourth-order valence-corrected chi connectivity index (χ4v) is 3.75. The van der Waals surface area contributed by atoms with Gasteiger partial charge in [0.25, 0.3) is 5.91 Å². The topological polar surface area (TPSA) is 47.9 Å². The predicted octanol–water partition coefficient (Wildman–Crippen LogP) is 3.72. The summed E-state index contributed by atoms with van der Waals surface area (Å²) in [6, 6.07) is 14.0. The van der Waals surface area contributed by atoms with Crippen molar-refractivity contribution in [2.45, 2.75) is 11.9 Å². The highest BCUT2D eigenvalue weighted by Crippen LogP contribution is 2.27. The third-order valence-corrected chi connectivity index (χ3v) is 5.36. The van der Waals surface area contributed by atoms with Gasteiger partial charge in [-0.3, -0.25) is 20.0 Å². The van der Waals surface area contributed by atoms with Crippen molar-refractivity contribution in [2.24, 2.45) is 5.10 Å². The number of anilines is 1. The van der Waals surface area contributed by atoms with Crippen molar-refractivity contribution in [3.63, 3.8) is 0 Å². The minimum atomic E-state index is -0.592. The van der Waals surface area contributed by atoms with Crippen LogP contribution in [0.3, 0.4) is 0 Å². The normalized spacial score (nSPS) is 18.2. The number of hydrogen-bond donors (Lipinski definition) is 1. The fraction of sp³-hybridized carbons (Fsp3) is 0.100. The molecule has 1 N–H and O–H groups in total. The monoisotopic (exact) mass is 380 g/mol. The highest BCUT2D eigenvalue weighted by atomic mass is 32.2. The number of benzene rings is 2. The molecule has 5 nitrogen and oxygen atoms in total. The number of carbonyl (C=O) groups is 1. The maximum Gasteiger partial charge on any atom is 0.276 e. The van der Waals surface area contributed by atoms with Crippen molar-refractivity contribution in [2.75, 3.05) is 4.90 Å². The number of carbonyl (C=O) groups excluding carboxylic acids is 1. The molecular formula is C20H17FN4OS. The first kappa shape index (κ1) is 17.4. The summed E-state index contributed by atoms with van der Waals surface area (Å²) >= 11 is 1.55. The molecule has 4 rings (SSSR count). The number of amidine groups is 1. The van der Waals surface area contributed by atoms with Gasteiger partial charge in [0.15, 0.2) is 5.17 Å². The Labute approximate surface area is 160 Å². The van der Waals surface area contributed by atoms with Crippen LogP contribution in [-0.2, 0) is 10.5 Å². The maximum atomic E-state index is 13.1. The van der Waals surface area contributed by atoms with Gasteiger partial charge in [0.2, 0.25) is 6.17 Å². The minimum absolute atomic E-state index is 0.168. The standard InChI is InChI=1S/C20H17FN4OS/c1-2-14-3-5-15(6-4-14)13-27-20-23-22-18-19(26)24(11-12-25(18)20)17-9-7-16(21)8-10-17/h2-12,18,22H,1,13H2. The zero-order chi connectivity index (χ0) is 18.8. The number of rotatable bonds is 4. The lowest BCUT2D eigenvalue weighted by Gasteiger charge is -2.31. The summed E-state index contributed by atoms with van der Waals surface area (Å²) in [5, 5.41) is 5.03. The molecule has 0 saturated carbocycles. The second-order valence-corrected chi connectivity index (χ2v) is 6.99. The van der Waals surface area contributed by atoms with Gasteiger partial charge in [-0.15, -0.1) is 0 Å². The molecule has 2 heterocycles. The van der Waals surface area contributed by atoms with Gasteiger partial charge in [-0.05, 0) is 35.4 Å². The van der Waals surface area contributed by atoms with Gasteiger partial charge < -0.3 is 0 Å². The second kappa shape index (κ2) is 7.28. The number of hydrazone groups is 1.